The average molecular weight is 284 g/mol. The van der Waals surface area contributed by atoms with Gasteiger partial charge in [-0.2, -0.15) is 10.2 Å². The van der Waals surface area contributed by atoms with Crippen LogP contribution in [0.25, 0.3) is 0 Å². The molecule has 0 saturated carbocycles. The van der Waals surface area contributed by atoms with Crippen LogP contribution < -0.4 is 4.90 Å². The Morgan fingerprint density at radius 2 is 1.57 bits per heavy atom. The first-order chi connectivity index (χ1) is 9.97. The van der Waals surface area contributed by atoms with Gasteiger partial charge in [-0.25, -0.2) is 0 Å². The molecule has 0 aliphatic rings. The van der Waals surface area contributed by atoms with Crippen molar-refractivity contribution in [1.29, 1.82) is 0 Å². The van der Waals surface area contributed by atoms with Crippen molar-refractivity contribution in [3.63, 3.8) is 0 Å². The summed E-state index contributed by atoms with van der Waals surface area (Å²) in [6.07, 6.45) is 0. The second-order valence-corrected chi connectivity index (χ2v) is 4.84. The molecule has 0 N–H and O–H groups in total. The van der Waals surface area contributed by atoms with Gasteiger partial charge in [0.05, 0.1) is 16.3 Å². The molecule has 0 spiro atoms. The maximum Gasteiger partial charge on any atom is 0.272 e. The van der Waals surface area contributed by atoms with Crippen LogP contribution in [-0.4, -0.2) is 19.0 Å². The first kappa shape index (κ1) is 14.6. The van der Waals surface area contributed by atoms with E-state index < -0.39 is 4.92 Å². The molecule has 0 radical (unpaired) electrons. The maximum atomic E-state index is 10.7. The van der Waals surface area contributed by atoms with Gasteiger partial charge in [-0.1, -0.05) is 0 Å². The van der Waals surface area contributed by atoms with E-state index in [2.05, 4.69) is 10.2 Å². The molecule has 0 atom stereocenters. The zero-order valence-electron chi connectivity index (χ0n) is 12.1. The zero-order chi connectivity index (χ0) is 15.4. The summed E-state index contributed by atoms with van der Waals surface area (Å²) in [7, 11) is 3.94. The van der Waals surface area contributed by atoms with E-state index in [1.165, 1.54) is 6.07 Å². The molecule has 0 aliphatic carbocycles. The predicted molar refractivity (Wildman–Crippen MR) is 82.8 cm³/mol. The summed E-state index contributed by atoms with van der Waals surface area (Å²) in [5, 5.41) is 19.0. The number of hydrogen-bond donors (Lipinski definition) is 0. The fourth-order valence-corrected chi connectivity index (χ4v) is 1.84. The van der Waals surface area contributed by atoms with E-state index in [1.807, 2.05) is 43.3 Å². The molecule has 2 rings (SSSR count). The summed E-state index contributed by atoms with van der Waals surface area (Å²) in [6.45, 7) is 1.68. The minimum Gasteiger partial charge on any atom is -0.378 e. The number of anilines is 1. The number of hydrogen-bond acceptors (Lipinski definition) is 5. The Hall–Kier alpha value is -2.76. The SMILES string of the molecule is Cc1cc(N=Nc2ccc(N(C)C)cc2)ccc1[N+](=O)[O-]. The van der Waals surface area contributed by atoms with Crippen molar-refractivity contribution in [3.05, 3.63) is 58.1 Å². The fraction of sp³-hybridized carbons (Fsp3) is 0.200. The highest BCUT2D eigenvalue weighted by Crippen LogP contribution is 2.25. The van der Waals surface area contributed by atoms with Crippen LogP contribution in [0.5, 0.6) is 0 Å². The summed E-state index contributed by atoms with van der Waals surface area (Å²) in [5.41, 5.74) is 3.07. The van der Waals surface area contributed by atoms with Crippen molar-refractivity contribution in [2.24, 2.45) is 10.2 Å². The van der Waals surface area contributed by atoms with Gasteiger partial charge < -0.3 is 4.90 Å². The lowest BCUT2D eigenvalue weighted by atomic mass is 10.2. The normalized spacial score (nSPS) is 10.8. The van der Waals surface area contributed by atoms with Crippen LogP contribution in [0.3, 0.4) is 0 Å². The quantitative estimate of drug-likeness (QED) is 0.475. The predicted octanol–water partition coefficient (Wildman–Crippen LogP) is 4.38. The van der Waals surface area contributed by atoms with Crippen molar-refractivity contribution in [2.45, 2.75) is 6.92 Å². The Kier molecular flexibility index (Phi) is 4.27. The van der Waals surface area contributed by atoms with E-state index in [0.717, 1.165) is 11.4 Å². The number of rotatable bonds is 4. The maximum absolute atomic E-state index is 10.7. The monoisotopic (exact) mass is 284 g/mol. The number of nitro benzene ring substituents is 1. The summed E-state index contributed by atoms with van der Waals surface area (Å²) in [5.74, 6) is 0. The third kappa shape index (κ3) is 3.62. The van der Waals surface area contributed by atoms with Crippen LogP contribution >= 0.6 is 0 Å². The molecule has 2 aromatic carbocycles. The van der Waals surface area contributed by atoms with Crippen molar-refractivity contribution >= 4 is 22.7 Å². The Balaban J connectivity index is 2.17. The van der Waals surface area contributed by atoms with E-state index >= 15 is 0 Å². The van der Waals surface area contributed by atoms with Crippen LogP contribution in [0.4, 0.5) is 22.7 Å². The van der Waals surface area contributed by atoms with Gasteiger partial charge in [0.15, 0.2) is 0 Å². The van der Waals surface area contributed by atoms with Gasteiger partial charge in [-0.05, 0) is 43.3 Å². The Morgan fingerprint density at radius 3 is 2.10 bits per heavy atom. The topological polar surface area (TPSA) is 71.1 Å². The molecule has 6 heteroatoms. The van der Waals surface area contributed by atoms with Gasteiger partial charge in [0.25, 0.3) is 5.69 Å². The molecule has 0 heterocycles. The van der Waals surface area contributed by atoms with Gasteiger partial charge in [-0.15, -0.1) is 0 Å². The highest BCUT2D eigenvalue weighted by atomic mass is 16.6. The summed E-state index contributed by atoms with van der Waals surface area (Å²) >= 11 is 0. The zero-order valence-corrected chi connectivity index (χ0v) is 12.1. The molecule has 0 aliphatic heterocycles. The first-order valence-electron chi connectivity index (χ1n) is 6.41. The lowest BCUT2D eigenvalue weighted by Crippen LogP contribution is -2.07. The molecule has 0 amide bonds. The minimum atomic E-state index is -0.407. The Morgan fingerprint density at radius 1 is 1.00 bits per heavy atom. The van der Waals surface area contributed by atoms with Gasteiger partial charge in [0, 0.05) is 31.4 Å². The van der Waals surface area contributed by atoms with Crippen molar-refractivity contribution in [2.75, 3.05) is 19.0 Å². The van der Waals surface area contributed by atoms with E-state index in [-0.39, 0.29) is 5.69 Å². The molecular weight excluding hydrogens is 268 g/mol. The number of aryl methyl sites for hydroxylation is 1. The van der Waals surface area contributed by atoms with Crippen LogP contribution in [0, 0.1) is 17.0 Å². The lowest BCUT2D eigenvalue weighted by molar-refractivity contribution is -0.385. The third-order valence-electron chi connectivity index (χ3n) is 3.02. The smallest absolute Gasteiger partial charge is 0.272 e. The number of azo groups is 1. The van der Waals surface area contributed by atoms with Crippen LogP contribution in [0.15, 0.2) is 52.7 Å². The second kappa shape index (κ2) is 6.13. The molecular formula is C15H16N4O2. The van der Waals surface area contributed by atoms with Gasteiger partial charge in [0.1, 0.15) is 0 Å². The van der Waals surface area contributed by atoms with Gasteiger partial charge in [0.2, 0.25) is 0 Å². The summed E-state index contributed by atoms with van der Waals surface area (Å²) in [4.78, 5) is 12.3. The van der Waals surface area contributed by atoms with E-state index in [0.29, 0.717) is 11.3 Å². The van der Waals surface area contributed by atoms with Crippen molar-refractivity contribution in [1.82, 2.24) is 0 Å². The van der Waals surface area contributed by atoms with Crippen LogP contribution in [0.2, 0.25) is 0 Å². The highest BCUT2D eigenvalue weighted by Gasteiger charge is 2.09. The third-order valence-corrected chi connectivity index (χ3v) is 3.02. The van der Waals surface area contributed by atoms with Crippen LogP contribution in [0.1, 0.15) is 5.56 Å². The average Bonchev–Trinajstić information content (AvgIpc) is 2.45. The second-order valence-electron chi connectivity index (χ2n) is 4.84. The molecule has 6 nitrogen and oxygen atoms in total. The van der Waals surface area contributed by atoms with Crippen molar-refractivity contribution in [3.8, 4) is 0 Å². The lowest BCUT2D eigenvalue weighted by Gasteiger charge is -2.11. The fourth-order valence-electron chi connectivity index (χ4n) is 1.84. The summed E-state index contributed by atoms with van der Waals surface area (Å²) < 4.78 is 0. The molecule has 21 heavy (non-hydrogen) atoms. The van der Waals surface area contributed by atoms with Crippen molar-refractivity contribution < 1.29 is 4.92 Å². The first-order valence-corrected chi connectivity index (χ1v) is 6.41. The molecule has 108 valence electrons. The molecule has 0 saturated heterocycles. The summed E-state index contributed by atoms with van der Waals surface area (Å²) in [6, 6.07) is 12.3. The minimum absolute atomic E-state index is 0.0873. The molecule has 2 aromatic rings. The van der Waals surface area contributed by atoms with E-state index in [9.17, 15) is 10.1 Å². The standard InChI is InChI=1S/C15H16N4O2/c1-11-10-13(6-9-15(11)19(20)21)17-16-12-4-7-14(8-5-12)18(2)3/h4-10H,1-3H3. The molecule has 0 fully saturated rings. The number of benzene rings is 2. The molecule has 0 aromatic heterocycles. The van der Waals surface area contributed by atoms with Gasteiger partial charge >= 0.3 is 0 Å². The van der Waals surface area contributed by atoms with E-state index in [1.54, 1.807) is 19.1 Å². The Bertz CT molecular complexity index is 679. The highest BCUT2D eigenvalue weighted by molar-refractivity contribution is 5.53. The molecule has 0 unspecified atom stereocenters. The van der Waals surface area contributed by atoms with Crippen LogP contribution in [-0.2, 0) is 0 Å². The Labute approximate surface area is 122 Å². The van der Waals surface area contributed by atoms with Gasteiger partial charge in [-0.3, -0.25) is 10.1 Å². The number of nitrogens with zero attached hydrogens (tertiary/aromatic N) is 4. The van der Waals surface area contributed by atoms with E-state index in [4.69, 9.17) is 0 Å². The number of nitro groups is 1. The molecule has 0 bridgehead atoms. The largest absolute Gasteiger partial charge is 0.378 e.